The van der Waals surface area contributed by atoms with E-state index in [1.807, 2.05) is 0 Å². The monoisotopic (exact) mass is 401 g/mol. The minimum atomic E-state index is -3.50. The number of carbonyl (C=O) groups is 1. The summed E-state index contributed by atoms with van der Waals surface area (Å²) in [5.74, 6) is -0.478. The van der Waals surface area contributed by atoms with Crippen LogP contribution >= 0.6 is 0 Å². The molecule has 2 aromatic carbocycles. The number of nitrogens with zero attached hydrogens (tertiary/aromatic N) is 2. The molecule has 1 N–H and O–H groups in total. The summed E-state index contributed by atoms with van der Waals surface area (Å²) in [6.07, 6.45) is 4.27. The van der Waals surface area contributed by atoms with Gasteiger partial charge in [0.25, 0.3) is 5.69 Å². The van der Waals surface area contributed by atoms with Crippen molar-refractivity contribution in [1.82, 2.24) is 4.31 Å². The molecule has 0 bridgehead atoms. The molecule has 1 fully saturated rings. The van der Waals surface area contributed by atoms with Gasteiger partial charge in [-0.25, -0.2) is 8.42 Å². The van der Waals surface area contributed by atoms with Gasteiger partial charge < -0.3 is 5.32 Å². The molecule has 0 aliphatic carbocycles. The second-order valence-electron chi connectivity index (χ2n) is 6.27. The Morgan fingerprint density at radius 2 is 1.71 bits per heavy atom. The normalized spacial score (nSPS) is 15.0. The van der Waals surface area contributed by atoms with Gasteiger partial charge in [-0.3, -0.25) is 14.9 Å². The number of hydrogen-bond donors (Lipinski definition) is 1. The molecule has 0 aromatic heterocycles. The summed E-state index contributed by atoms with van der Waals surface area (Å²) < 4.78 is 26.4. The molecule has 1 aliphatic rings. The smallest absolute Gasteiger partial charge is 0.276 e. The molecule has 0 unspecified atom stereocenters. The molecule has 146 valence electrons. The van der Waals surface area contributed by atoms with Crippen LogP contribution in [-0.4, -0.2) is 36.6 Å². The van der Waals surface area contributed by atoms with Crippen molar-refractivity contribution in [3.05, 3.63) is 70.3 Å². The number of nitro groups is 1. The molecule has 8 nitrogen and oxygen atoms in total. The summed E-state index contributed by atoms with van der Waals surface area (Å²) in [6.45, 7) is 1.05. The van der Waals surface area contributed by atoms with Gasteiger partial charge in [0, 0.05) is 30.9 Å². The number of sulfonamides is 1. The average Bonchev–Trinajstić information content (AvgIpc) is 3.23. The first-order chi connectivity index (χ1) is 13.4. The predicted molar refractivity (Wildman–Crippen MR) is 105 cm³/mol. The second kappa shape index (κ2) is 8.32. The van der Waals surface area contributed by atoms with Crippen molar-refractivity contribution < 1.29 is 18.1 Å². The van der Waals surface area contributed by atoms with Gasteiger partial charge in [-0.2, -0.15) is 4.31 Å². The van der Waals surface area contributed by atoms with E-state index >= 15 is 0 Å². The van der Waals surface area contributed by atoms with Crippen molar-refractivity contribution in [3.8, 4) is 0 Å². The summed E-state index contributed by atoms with van der Waals surface area (Å²) >= 11 is 0. The number of hydrogen-bond acceptors (Lipinski definition) is 5. The summed E-state index contributed by atoms with van der Waals surface area (Å²) in [6, 6.07) is 12.0. The highest BCUT2D eigenvalue weighted by Crippen LogP contribution is 2.22. The third-order valence-electron chi connectivity index (χ3n) is 4.37. The fourth-order valence-corrected chi connectivity index (χ4v) is 4.45. The van der Waals surface area contributed by atoms with Crippen molar-refractivity contribution in [2.45, 2.75) is 17.7 Å². The Morgan fingerprint density at radius 1 is 1.07 bits per heavy atom. The summed E-state index contributed by atoms with van der Waals surface area (Å²) in [5.41, 5.74) is 0.648. The van der Waals surface area contributed by atoms with E-state index in [2.05, 4.69) is 5.32 Å². The third kappa shape index (κ3) is 4.44. The molecular formula is C19H19N3O5S. The lowest BCUT2D eigenvalue weighted by molar-refractivity contribution is -0.385. The van der Waals surface area contributed by atoms with Crippen LogP contribution in [0.15, 0.2) is 59.5 Å². The minimum absolute atomic E-state index is 0.0944. The third-order valence-corrected chi connectivity index (χ3v) is 6.29. The number of nitro benzene ring substituents is 1. The van der Waals surface area contributed by atoms with Gasteiger partial charge in [0.1, 0.15) is 0 Å². The highest BCUT2D eigenvalue weighted by Gasteiger charge is 2.26. The van der Waals surface area contributed by atoms with E-state index in [4.69, 9.17) is 0 Å². The summed E-state index contributed by atoms with van der Waals surface area (Å²) in [7, 11) is -3.50. The molecule has 0 saturated carbocycles. The van der Waals surface area contributed by atoms with E-state index < -0.39 is 20.9 Å². The van der Waals surface area contributed by atoms with Gasteiger partial charge in [0.2, 0.25) is 15.9 Å². The Bertz CT molecular complexity index is 1010. The summed E-state index contributed by atoms with van der Waals surface area (Å²) in [4.78, 5) is 22.7. The molecule has 0 atom stereocenters. The highest BCUT2D eigenvalue weighted by atomic mass is 32.2. The van der Waals surface area contributed by atoms with Gasteiger partial charge >= 0.3 is 0 Å². The van der Waals surface area contributed by atoms with Crippen molar-refractivity contribution >= 4 is 33.4 Å². The predicted octanol–water partition coefficient (Wildman–Crippen LogP) is 3.03. The lowest BCUT2D eigenvalue weighted by Crippen LogP contribution is -2.27. The van der Waals surface area contributed by atoms with E-state index in [0.29, 0.717) is 24.3 Å². The Labute approximate surface area is 162 Å². The van der Waals surface area contributed by atoms with Crippen molar-refractivity contribution in [3.63, 3.8) is 0 Å². The molecule has 3 rings (SSSR count). The lowest BCUT2D eigenvalue weighted by atomic mass is 10.1. The van der Waals surface area contributed by atoms with Crippen LogP contribution in [0.2, 0.25) is 0 Å². The average molecular weight is 401 g/mol. The zero-order chi connectivity index (χ0) is 20.1. The first-order valence-corrected chi connectivity index (χ1v) is 10.1. The number of rotatable bonds is 6. The molecule has 1 amide bonds. The van der Waals surface area contributed by atoms with Crippen LogP contribution in [0.5, 0.6) is 0 Å². The largest absolute Gasteiger partial charge is 0.323 e. The fraction of sp³-hybridized carbons (Fsp3) is 0.211. The molecule has 0 radical (unpaired) electrons. The highest BCUT2D eigenvalue weighted by molar-refractivity contribution is 7.89. The molecule has 0 spiro atoms. The number of amides is 1. The van der Waals surface area contributed by atoms with Crippen molar-refractivity contribution in [2.24, 2.45) is 0 Å². The molecule has 1 saturated heterocycles. The number of carbonyl (C=O) groups excluding carboxylic acids is 1. The Kier molecular flexibility index (Phi) is 5.86. The van der Waals surface area contributed by atoms with Gasteiger partial charge in [0.05, 0.1) is 15.4 Å². The minimum Gasteiger partial charge on any atom is -0.323 e. The van der Waals surface area contributed by atoms with E-state index in [0.717, 1.165) is 12.8 Å². The molecule has 1 heterocycles. The van der Waals surface area contributed by atoms with Crippen molar-refractivity contribution in [2.75, 3.05) is 18.4 Å². The van der Waals surface area contributed by atoms with Crippen LogP contribution in [0, 0.1) is 10.1 Å². The second-order valence-corrected chi connectivity index (χ2v) is 8.21. The van der Waals surface area contributed by atoms with Crippen LogP contribution in [0.1, 0.15) is 18.4 Å². The van der Waals surface area contributed by atoms with Crippen LogP contribution in [0.3, 0.4) is 0 Å². The topological polar surface area (TPSA) is 110 Å². The Balaban J connectivity index is 1.67. The number of anilines is 1. The molecular weight excluding hydrogens is 382 g/mol. The number of para-hydroxylation sites is 1. The van der Waals surface area contributed by atoms with Crippen LogP contribution in [0.25, 0.3) is 6.08 Å². The van der Waals surface area contributed by atoms with Crippen LogP contribution < -0.4 is 5.32 Å². The van der Waals surface area contributed by atoms with E-state index in [-0.39, 0.29) is 10.6 Å². The molecule has 1 aliphatic heterocycles. The standard InChI is InChI=1S/C19H19N3O5S/c23-19(12-7-15-5-1-2-6-18(15)22(24)25)20-16-8-10-17(11-9-16)28(26,27)21-13-3-4-14-21/h1-2,5-12H,3-4,13-14H2,(H,20,23)/b12-7+. The van der Waals surface area contributed by atoms with E-state index in [9.17, 15) is 23.3 Å². The van der Waals surface area contributed by atoms with Gasteiger partial charge in [0.15, 0.2) is 0 Å². The Morgan fingerprint density at radius 3 is 2.36 bits per heavy atom. The lowest BCUT2D eigenvalue weighted by Gasteiger charge is -2.15. The maximum absolute atomic E-state index is 12.5. The fourth-order valence-electron chi connectivity index (χ4n) is 2.93. The molecule has 28 heavy (non-hydrogen) atoms. The molecule has 2 aromatic rings. The van der Waals surface area contributed by atoms with Crippen molar-refractivity contribution in [1.29, 1.82) is 0 Å². The quantitative estimate of drug-likeness (QED) is 0.454. The van der Waals surface area contributed by atoms with Crippen LogP contribution in [0.4, 0.5) is 11.4 Å². The van der Waals surface area contributed by atoms with E-state index in [1.54, 1.807) is 18.2 Å². The van der Waals surface area contributed by atoms with Gasteiger partial charge in [-0.1, -0.05) is 12.1 Å². The van der Waals surface area contributed by atoms with Crippen LogP contribution in [-0.2, 0) is 14.8 Å². The zero-order valence-corrected chi connectivity index (χ0v) is 15.8. The SMILES string of the molecule is O=C(/C=C/c1ccccc1[N+](=O)[O-])Nc1ccc(S(=O)(=O)N2CCCC2)cc1. The number of benzene rings is 2. The first kappa shape index (κ1) is 19.7. The first-order valence-electron chi connectivity index (χ1n) is 8.70. The Hall–Kier alpha value is -3.04. The molecule has 9 heteroatoms. The van der Waals surface area contributed by atoms with Gasteiger partial charge in [-0.05, 0) is 49.2 Å². The zero-order valence-electron chi connectivity index (χ0n) is 14.9. The maximum Gasteiger partial charge on any atom is 0.276 e. The maximum atomic E-state index is 12.5. The van der Waals surface area contributed by atoms with E-state index in [1.165, 1.54) is 46.8 Å². The number of nitrogens with one attached hydrogen (secondary N) is 1. The summed E-state index contributed by atoms with van der Waals surface area (Å²) in [5, 5.41) is 13.6. The van der Waals surface area contributed by atoms with Gasteiger partial charge in [-0.15, -0.1) is 0 Å².